The first kappa shape index (κ1) is 22.1. The van der Waals surface area contributed by atoms with Gasteiger partial charge < -0.3 is 19.9 Å². The Morgan fingerprint density at radius 2 is 1.73 bits per heavy atom. The molecule has 2 N–H and O–H groups in total. The molecule has 0 saturated heterocycles. The number of H-pyrrole nitrogens is 1. The number of hydrogen-bond donors (Lipinski definition) is 2. The number of urea groups is 1. The number of halogens is 1. The SMILES string of the molecule is COc1ccc2cc(CN(Cc3ccc(F)cc3)C(=O)NCc3ccccc3)c(=O)[nH]c2c1. The summed E-state index contributed by atoms with van der Waals surface area (Å²) in [5.41, 5.74) is 2.54. The molecule has 3 aromatic carbocycles. The van der Waals surface area contributed by atoms with Crippen molar-refractivity contribution in [2.24, 2.45) is 0 Å². The van der Waals surface area contributed by atoms with E-state index in [2.05, 4.69) is 10.3 Å². The first-order valence-corrected chi connectivity index (χ1v) is 10.5. The summed E-state index contributed by atoms with van der Waals surface area (Å²) < 4.78 is 18.6. The van der Waals surface area contributed by atoms with Crippen LogP contribution < -0.4 is 15.6 Å². The van der Waals surface area contributed by atoms with Crippen LogP contribution in [0.15, 0.2) is 83.7 Å². The topological polar surface area (TPSA) is 74.4 Å². The summed E-state index contributed by atoms with van der Waals surface area (Å²) in [5.74, 6) is 0.296. The Bertz CT molecular complexity index is 1300. The molecule has 0 aliphatic carbocycles. The fourth-order valence-corrected chi connectivity index (χ4v) is 3.57. The van der Waals surface area contributed by atoms with Crippen molar-refractivity contribution in [3.63, 3.8) is 0 Å². The first-order chi connectivity index (χ1) is 16.0. The van der Waals surface area contributed by atoms with Gasteiger partial charge in [0.05, 0.1) is 19.2 Å². The number of hydrogen-bond acceptors (Lipinski definition) is 3. The summed E-state index contributed by atoms with van der Waals surface area (Å²) in [6.07, 6.45) is 0. The molecular weight excluding hydrogens is 421 g/mol. The van der Waals surface area contributed by atoms with Gasteiger partial charge in [-0.25, -0.2) is 9.18 Å². The van der Waals surface area contributed by atoms with Gasteiger partial charge in [-0.1, -0.05) is 42.5 Å². The molecule has 168 valence electrons. The lowest BCUT2D eigenvalue weighted by Gasteiger charge is -2.23. The lowest BCUT2D eigenvalue weighted by molar-refractivity contribution is 0.191. The highest BCUT2D eigenvalue weighted by atomic mass is 19.1. The second kappa shape index (κ2) is 9.99. The number of fused-ring (bicyclic) bond motifs is 1. The zero-order valence-electron chi connectivity index (χ0n) is 18.2. The minimum atomic E-state index is -0.347. The quantitative estimate of drug-likeness (QED) is 0.437. The van der Waals surface area contributed by atoms with E-state index in [1.165, 1.54) is 17.0 Å². The van der Waals surface area contributed by atoms with Crippen LogP contribution in [0.1, 0.15) is 16.7 Å². The van der Waals surface area contributed by atoms with Crippen molar-refractivity contribution >= 4 is 16.9 Å². The zero-order valence-corrected chi connectivity index (χ0v) is 18.2. The van der Waals surface area contributed by atoms with Crippen LogP contribution in [0.2, 0.25) is 0 Å². The number of ether oxygens (including phenoxy) is 1. The van der Waals surface area contributed by atoms with Gasteiger partial charge in [-0.05, 0) is 46.8 Å². The van der Waals surface area contributed by atoms with Gasteiger partial charge in [-0.2, -0.15) is 0 Å². The molecule has 0 radical (unpaired) electrons. The molecule has 4 rings (SSSR count). The maximum Gasteiger partial charge on any atom is 0.318 e. The number of carbonyl (C=O) groups is 1. The van der Waals surface area contributed by atoms with E-state index in [0.29, 0.717) is 23.4 Å². The number of nitrogens with one attached hydrogen (secondary N) is 2. The van der Waals surface area contributed by atoms with Crippen molar-refractivity contribution in [2.45, 2.75) is 19.6 Å². The number of nitrogens with zero attached hydrogens (tertiary/aromatic N) is 1. The predicted octanol–water partition coefficient (Wildman–Crippen LogP) is 4.59. The van der Waals surface area contributed by atoms with Crippen molar-refractivity contribution in [2.75, 3.05) is 7.11 Å². The van der Waals surface area contributed by atoms with E-state index in [-0.39, 0.29) is 30.5 Å². The zero-order chi connectivity index (χ0) is 23.2. The molecule has 0 aliphatic heterocycles. The average Bonchev–Trinajstić information content (AvgIpc) is 2.84. The monoisotopic (exact) mass is 445 g/mol. The molecule has 33 heavy (non-hydrogen) atoms. The largest absolute Gasteiger partial charge is 0.497 e. The Labute approximate surface area is 190 Å². The third-order valence-corrected chi connectivity index (χ3v) is 5.35. The van der Waals surface area contributed by atoms with Crippen LogP contribution in [0, 0.1) is 5.82 Å². The van der Waals surface area contributed by atoms with E-state index in [1.807, 2.05) is 42.5 Å². The summed E-state index contributed by atoms with van der Waals surface area (Å²) in [6.45, 7) is 0.670. The third-order valence-electron chi connectivity index (χ3n) is 5.35. The highest BCUT2D eigenvalue weighted by molar-refractivity contribution is 5.80. The van der Waals surface area contributed by atoms with Gasteiger partial charge >= 0.3 is 6.03 Å². The Morgan fingerprint density at radius 1 is 0.970 bits per heavy atom. The van der Waals surface area contributed by atoms with Gasteiger partial charge in [0.15, 0.2) is 0 Å². The van der Waals surface area contributed by atoms with Gasteiger partial charge in [-0.3, -0.25) is 4.79 Å². The number of aromatic amines is 1. The van der Waals surface area contributed by atoms with Gasteiger partial charge in [-0.15, -0.1) is 0 Å². The second-order valence-corrected chi connectivity index (χ2v) is 7.70. The maximum absolute atomic E-state index is 13.3. The van der Waals surface area contributed by atoms with E-state index in [1.54, 1.807) is 31.4 Å². The number of carbonyl (C=O) groups excluding carboxylic acids is 1. The van der Waals surface area contributed by atoms with Gasteiger partial charge in [0, 0.05) is 24.7 Å². The Hall–Kier alpha value is -4.13. The molecule has 2 amide bonds. The normalized spacial score (nSPS) is 10.7. The fraction of sp³-hybridized carbons (Fsp3) is 0.154. The molecule has 0 fully saturated rings. The molecule has 0 saturated carbocycles. The third kappa shape index (κ3) is 5.57. The Kier molecular flexibility index (Phi) is 6.69. The van der Waals surface area contributed by atoms with E-state index in [0.717, 1.165) is 16.5 Å². The summed E-state index contributed by atoms with van der Waals surface area (Å²) in [7, 11) is 1.56. The summed E-state index contributed by atoms with van der Waals surface area (Å²) in [4.78, 5) is 30.2. The number of amides is 2. The second-order valence-electron chi connectivity index (χ2n) is 7.70. The lowest BCUT2D eigenvalue weighted by Crippen LogP contribution is -2.39. The van der Waals surface area contributed by atoms with Crippen LogP contribution in [-0.2, 0) is 19.6 Å². The van der Waals surface area contributed by atoms with Crippen LogP contribution in [0.4, 0.5) is 9.18 Å². The van der Waals surface area contributed by atoms with E-state index in [9.17, 15) is 14.0 Å². The lowest BCUT2D eigenvalue weighted by atomic mass is 10.1. The molecule has 0 atom stereocenters. The number of methoxy groups -OCH3 is 1. The van der Waals surface area contributed by atoms with E-state index < -0.39 is 0 Å². The summed E-state index contributed by atoms with van der Waals surface area (Å²) >= 11 is 0. The number of rotatable bonds is 7. The molecule has 7 heteroatoms. The first-order valence-electron chi connectivity index (χ1n) is 10.5. The Morgan fingerprint density at radius 3 is 2.45 bits per heavy atom. The van der Waals surface area contributed by atoms with Crippen LogP contribution in [0.5, 0.6) is 5.75 Å². The van der Waals surface area contributed by atoms with Crippen LogP contribution in [0.25, 0.3) is 10.9 Å². The number of benzene rings is 3. The predicted molar refractivity (Wildman–Crippen MR) is 125 cm³/mol. The van der Waals surface area contributed by atoms with Gasteiger partial charge in [0.1, 0.15) is 11.6 Å². The summed E-state index contributed by atoms with van der Waals surface area (Å²) in [5, 5.41) is 3.74. The fourth-order valence-electron chi connectivity index (χ4n) is 3.57. The standard InChI is InChI=1S/C26H24FN3O3/c1-33-23-12-9-20-13-21(25(31)29-24(20)14-23)17-30(16-19-7-10-22(27)11-8-19)26(32)28-15-18-5-3-2-4-6-18/h2-14H,15-17H2,1H3,(H,28,32)(H,29,31). The average molecular weight is 445 g/mol. The van der Waals surface area contributed by atoms with Crippen molar-refractivity contribution in [1.29, 1.82) is 0 Å². The number of aromatic nitrogens is 1. The minimum Gasteiger partial charge on any atom is -0.497 e. The van der Waals surface area contributed by atoms with E-state index in [4.69, 9.17) is 4.74 Å². The van der Waals surface area contributed by atoms with Crippen molar-refractivity contribution < 1.29 is 13.9 Å². The molecule has 0 spiro atoms. The van der Waals surface area contributed by atoms with Crippen LogP contribution in [0.3, 0.4) is 0 Å². The highest BCUT2D eigenvalue weighted by Crippen LogP contribution is 2.19. The van der Waals surface area contributed by atoms with E-state index >= 15 is 0 Å². The summed E-state index contributed by atoms with van der Waals surface area (Å²) in [6, 6.07) is 22.4. The highest BCUT2D eigenvalue weighted by Gasteiger charge is 2.17. The van der Waals surface area contributed by atoms with Crippen molar-refractivity contribution in [1.82, 2.24) is 15.2 Å². The van der Waals surface area contributed by atoms with Crippen LogP contribution >= 0.6 is 0 Å². The maximum atomic E-state index is 13.3. The molecule has 4 aromatic rings. The van der Waals surface area contributed by atoms with Gasteiger partial charge in [0.25, 0.3) is 5.56 Å². The molecule has 1 heterocycles. The molecule has 0 unspecified atom stereocenters. The Balaban J connectivity index is 1.59. The molecule has 1 aromatic heterocycles. The number of pyridine rings is 1. The van der Waals surface area contributed by atoms with Gasteiger partial charge in [0.2, 0.25) is 0 Å². The minimum absolute atomic E-state index is 0.0926. The molecule has 6 nitrogen and oxygen atoms in total. The van der Waals surface area contributed by atoms with Crippen LogP contribution in [-0.4, -0.2) is 23.0 Å². The van der Waals surface area contributed by atoms with Crippen molar-refractivity contribution in [3.05, 3.63) is 112 Å². The molecule has 0 bridgehead atoms. The smallest absolute Gasteiger partial charge is 0.318 e. The van der Waals surface area contributed by atoms with Crippen molar-refractivity contribution in [3.8, 4) is 5.75 Å². The molecule has 0 aliphatic rings. The molecular formula is C26H24FN3O3.